The molecule has 1 aromatic rings. The summed E-state index contributed by atoms with van der Waals surface area (Å²) < 4.78 is 13.1. The summed E-state index contributed by atoms with van der Waals surface area (Å²) in [5.74, 6) is -1.29. The van der Waals surface area contributed by atoms with Gasteiger partial charge in [0.05, 0.1) is 11.6 Å². The Morgan fingerprint density at radius 1 is 1.59 bits per heavy atom. The second-order valence-electron chi connectivity index (χ2n) is 3.44. The number of hydrogen-bond acceptors (Lipinski definition) is 3. The van der Waals surface area contributed by atoms with E-state index in [2.05, 4.69) is 6.58 Å². The van der Waals surface area contributed by atoms with Crippen LogP contribution in [0, 0.1) is 17.1 Å². The fraction of sp³-hybridized carbons (Fsp3) is 0.250. The molecule has 3 nitrogen and oxygen atoms in total. The molecule has 0 heterocycles. The number of aromatic hydroxyl groups is 1. The predicted octanol–water partition coefficient (Wildman–Crippen LogP) is 2.79. The second kappa shape index (κ2) is 6.89. The highest BCUT2D eigenvalue weighted by Crippen LogP contribution is 2.31. The summed E-state index contributed by atoms with van der Waals surface area (Å²) in [6, 6.07) is 3.69. The van der Waals surface area contributed by atoms with Gasteiger partial charge in [0, 0.05) is 11.6 Å². The highest BCUT2D eigenvalue weighted by molar-refractivity contribution is 5.85. The number of nitriles is 1. The molecule has 1 aromatic carbocycles. The Morgan fingerprint density at radius 3 is 2.76 bits per heavy atom. The first-order valence-electron chi connectivity index (χ1n) is 4.89. The fourth-order valence-corrected chi connectivity index (χ4v) is 1.50. The summed E-state index contributed by atoms with van der Waals surface area (Å²) in [4.78, 5) is 0. The number of hydrogen-bond donors (Lipinski definition) is 2. The van der Waals surface area contributed by atoms with Gasteiger partial charge >= 0.3 is 0 Å². The summed E-state index contributed by atoms with van der Waals surface area (Å²) in [6.45, 7) is 3.55. The van der Waals surface area contributed by atoms with Crippen LogP contribution in [0.15, 0.2) is 24.8 Å². The number of phenols is 1. The lowest BCUT2D eigenvalue weighted by molar-refractivity contribution is 0.418. The van der Waals surface area contributed by atoms with Gasteiger partial charge in [0.15, 0.2) is 11.6 Å². The quantitative estimate of drug-likeness (QED) is 0.814. The molecular formula is C12H14ClFN2O. The van der Waals surface area contributed by atoms with Gasteiger partial charge in [-0.3, -0.25) is 0 Å². The van der Waals surface area contributed by atoms with Gasteiger partial charge in [0.1, 0.15) is 0 Å². The molecule has 0 aliphatic carbocycles. The number of rotatable bonds is 4. The SMILES string of the molecule is C=CCC[C@@H](N)c1c(C#N)ccc(F)c1O.Cl. The largest absolute Gasteiger partial charge is 0.505 e. The predicted molar refractivity (Wildman–Crippen MR) is 66.4 cm³/mol. The topological polar surface area (TPSA) is 70.0 Å². The fourth-order valence-electron chi connectivity index (χ4n) is 1.50. The van der Waals surface area contributed by atoms with Crippen molar-refractivity contribution in [2.24, 2.45) is 5.73 Å². The molecule has 5 heteroatoms. The zero-order valence-corrected chi connectivity index (χ0v) is 10.0. The third kappa shape index (κ3) is 3.45. The Kier molecular flexibility index (Phi) is 6.26. The van der Waals surface area contributed by atoms with Crippen LogP contribution in [0.2, 0.25) is 0 Å². The summed E-state index contributed by atoms with van der Waals surface area (Å²) in [7, 11) is 0. The van der Waals surface area contributed by atoms with Crippen molar-refractivity contribution in [3.63, 3.8) is 0 Å². The maximum absolute atomic E-state index is 13.1. The summed E-state index contributed by atoms with van der Waals surface area (Å²) >= 11 is 0. The molecule has 0 aliphatic heterocycles. The van der Waals surface area contributed by atoms with Crippen LogP contribution in [0.3, 0.4) is 0 Å². The van der Waals surface area contributed by atoms with Crippen molar-refractivity contribution in [2.45, 2.75) is 18.9 Å². The molecule has 0 spiro atoms. The maximum atomic E-state index is 13.1. The molecule has 1 rings (SSSR count). The van der Waals surface area contributed by atoms with E-state index in [4.69, 9.17) is 11.0 Å². The molecule has 1 atom stereocenters. The van der Waals surface area contributed by atoms with Gasteiger partial charge < -0.3 is 10.8 Å². The van der Waals surface area contributed by atoms with Crippen LogP contribution in [0.4, 0.5) is 4.39 Å². The van der Waals surface area contributed by atoms with Crippen molar-refractivity contribution >= 4 is 12.4 Å². The number of benzene rings is 1. The highest BCUT2D eigenvalue weighted by atomic mass is 35.5. The van der Waals surface area contributed by atoms with Crippen LogP contribution >= 0.6 is 12.4 Å². The third-order valence-corrected chi connectivity index (χ3v) is 2.34. The van der Waals surface area contributed by atoms with Crippen LogP contribution in [-0.4, -0.2) is 5.11 Å². The number of allylic oxidation sites excluding steroid dienone is 1. The Hall–Kier alpha value is -1.57. The highest BCUT2D eigenvalue weighted by Gasteiger charge is 2.18. The molecule has 0 amide bonds. The average Bonchev–Trinajstić information content (AvgIpc) is 2.29. The summed E-state index contributed by atoms with van der Waals surface area (Å²) in [5.41, 5.74) is 6.18. The van der Waals surface area contributed by atoms with Crippen molar-refractivity contribution in [3.8, 4) is 11.8 Å². The van der Waals surface area contributed by atoms with E-state index in [-0.39, 0.29) is 23.5 Å². The molecule has 0 saturated carbocycles. The van der Waals surface area contributed by atoms with Crippen molar-refractivity contribution < 1.29 is 9.50 Å². The number of phenolic OH excluding ortho intramolecular Hbond substituents is 1. The monoisotopic (exact) mass is 256 g/mol. The lowest BCUT2D eigenvalue weighted by Crippen LogP contribution is -2.12. The maximum Gasteiger partial charge on any atom is 0.165 e. The van der Waals surface area contributed by atoms with E-state index in [0.717, 1.165) is 6.07 Å². The molecule has 0 unspecified atom stereocenters. The van der Waals surface area contributed by atoms with Gasteiger partial charge in [-0.05, 0) is 25.0 Å². The number of nitrogens with zero attached hydrogens (tertiary/aromatic N) is 1. The van der Waals surface area contributed by atoms with Gasteiger partial charge in [-0.25, -0.2) is 4.39 Å². The van der Waals surface area contributed by atoms with E-state index in [0.29, 0.717) is 12.8 Å². The molecule has 17 heavy (non-hydrogen) atoms. The molecule has 0 aromatic heterocycles. The van der Waals surface area contributed by atoms with E-state index in [1.54, 1.807) is 6.08 Å². The smallest absolute Gasteiger partial charge is 0.165 e. The van der Waals surface area contributed by atoms with Gasteiger partial charge in [-0.1, -0.05) is 6.08 Å². The van der Waals surface area contributed by atoms with Crippen molar-refractivity contribution in [1.82, 2.24) is 0 Å². The molecule has 0 fully saturated rings. The first kappa shape index (κ1) is 15.4. The van der Waals surface area contributed by atoms with E-state index in [1.165, 1.54) is 6.07 Å². The van der Waals surface area contributed by atoms with Crippen molar-refractivity contribution in [1.29, 1.82) is 5.26 Å². The first-order chi connectivity index (χ1) is 7.61. The molecule has 0 radical (unpaired) electrons. The van der Waals surface area contributed by atoms with E-state index in [9.17, 15) is 9.50 Å². The number of nitrogens with two attached hydrogens (primary N) is 1. The van der Waals surface area contributed by atoms with Gasteiger partial charge in [-0.15, -0.1) is 19.0 Å². The van der Waals surface area contributed by atoms with Crippen LogP contribution in [0.5, 0.6) is 5.75 Å². The molecule has 0 aliphatic rings. The standard InChI is InChI=1S/C12H13FN2O.ClH/c1-2-3-4-10(15)11-8(7-14)5-6-9(13)12(11)16;/h2,5-6,10,16H,1,3-4,15H2;1H/t10-;/m1./s1. The normalized spacial score (nSPS) is 11.1. The van der Waals surface area contributed by atoms with Gasteiger partial charge in [0.25, 0.3) is 0 Å². The van der Waals surface area contributed by atoms with Crippen LogP contribution in [0.1, 0.15) is 30.0 Å². The lowest BCUT2D eigenvalue weighted by Gasteiger charge is -2.14. The minimum atomic E-state index is -0.761. The minimum Gasteiger partial charge on any atom is -0.505 e. The van der Waals surface area contributed by atoms with Crippen molar-refractivity contribution in [3.05, 3.63) is 41.7 Å². The Balaban J connectivity index is 0.00000256. The zero-order chi connectivity index (χ0) is 12.1. The molecule has 3 N–H and O–H groups in total. The average molecular weight is 257 g/mol. The molecule has 0 saturated heterocycles. The lowest BCUT2D eigenvalue weighted by atomic mass is 9.96. The molecule has 92 valence electrons. The van der Waals surface area contributed by atoms with Crippen LogP contribution in [-0.2, 0) is 0 Å². The summed E-state index contributed by atoms with van der Waals surface area (Å²) in [6.07, 6.45) is 2.83. The van der Waals surface area contributed by atoms with Crippen LogP contribution < -0.4 is 5.73 Å². The van der Waals surface area contributed by atoms with Crippen LogP contribution in [0.25, 0.3) is 0 Å². The molecule has 0 bridgehead atoms. The number of halogens is 2. The van der Waals surface area contributed by atoms with Gasteiger partial charge in [0.2, 0.25) is 0 Å². The third-order valence-electron chi connectivity index (χ3n) is 2.34. The summed E-state index contributed by atoms with van der Waals surface area (Å²) in [5, 5.41) is 18.4. The Bertz CT molecular complexity index is 443. The Morgan fingerprint density at radius 2 is 2.24 bits per heavy atom. The minimum absolute atomic E-state index is 0. The van der Waals surface area contributed by atoms with E-state index >= 15 is 0 Å². The van der Waals surface area contributed by atoms with Crippen molar-refractivity contribution in [2.75, 3.05) is 0 Å². The van der Waals surface area contributed by atoms with Gasteiger partial charge in [-0.2, -0.15) is 5.26 Å². The first-order valence-corrected chi connectivity index (χ1v) is 4.89. The zero-order valence-electron chi connectivity index (χ0n) is 9.19. The van der Waals surface area contributed by atoms with E-state index in [1.807, 2.05) is 6.07 Å². The Labute approximate surface area is 106 Å². The van der Waals surface area contributed by atoms with E-state index < -0.39 is 17.6 Å². The second-order valence-corrected chi connectivity index (χ2v) is 3.44. The molecular weight excluding hydrogens is 243 g/mol.